The SMILES string of the molecule is O=C1CCC(N2C(=O)c3cc(F)c(N4CCC(CN5CCC(CN6CCC(Oc7cccc(-c8onc9ccc(-c%10nn[nH]n%10)cc89)c7)CC6)CC5)CC4)cc3C2=O)C(=O)N1. The number of ether oxygens (including phenoxy) is 1. The Kier molecular flexibility index (Phi) is 10.5. The number of imide groups is 2. The molecule has 0 spiro atoms. The highest BCUT2D eigenvalue weighted by atomic mass is 19.1. The molecule has 16 nitrogen and oxygen atoms in total. The molecule has 5 aliphatic heterocycles. The number of amides is 4. The maximum Gasteiger partial charge on any atom is 0.262 e. The van der Waals surface area contributed by atoms with Crippen LogP contribution in [0.3, 0.4) is 0 Å². The standard InChI is InChI=1S/C44H47FN10O6/c45-35-22-32-33(44(59)55(43(32)58)37-6-7-39(56)46-42(37)57)23-38(35)54-18-10-27(11-19-54)25-52-14-8-26(9-15-52)24-53-16-12-30(13-17-53)60-31-3-1-2-28(20-31)40-34-21-29(41-47-50-51-48-41)4-5-36(34)49-61-40/h1-5,20-23,26-27,30,37H,6-19,24-25H2,(H,46,56,57)(H,47,48,50,51). The molecule has 5 aromatic rings. The number of carbonyl (C=O) groups is 4. The predicted octanol–water partition coefficient (Wildman–Crippen LogP) is 4.69. The van der Waals surface area contributed by atoms with E-state index in [-0.39, 0.29) is 30.1 Å². The summed E-state index contributed by atoms with van der Waals surface area (Å²) >= 11 is 0. The number of benzene rings is 3. The summed E-state index contributed by atoms with van der Waals surface area (Å²) in [5, 5.41) is 21.7. The quantitative estimate of drug-likeness (QED) is 0.185. The fourth-order valence-electron chi connectivity index (χ4n) is 9.85. The van der Waals surface area contributed by atoms with Gasteiger partial charge in [0.05, 0.1) is 22.2 Å². The van der Waals surface area contributed by atoms with Gasteiger partial charge in [0.1, 0.15) is 29.2 Å². The van der Waals surface area contributed by atoms with E-state index >= 15 is 4.39 Å². The molecule has 1 unspecified atom stereocenters. The second kappa shape index (κ2) is 16.4. The molecular weight excluding hydrogens is 784 g/mol. The number of H-pyrrole nitrogens is 1. The van der Waals surface area contributed by atoms with Gasteiger partial charge in [0.2, 0.25) is 17.6 Å². The number of hydrogen-bond donors (Lipinski definition) is 2. The summed E-state index contributed by atoms with van der Waals surface area (Å²) in [5.74, 6) is 0.175. The van der Waals surface area contributed by atoms with Crippen LogP contribution in [0, 0.1) is 17.7 Å². The third-order valence-corrected chi connectivity index (χ3v) is 13.2. The van der Waals surface area contributed by atoms with E-state index in [2.05, 4.69) is 40.9 Å². The van der Waals surface area contributed by atoms with E-state index in [4.69, 9.17) is 9.26 Å². The topological polar surface area (TPSA) is 183 Å². The molecule has 1 atom stereocenters. The van der Waals surface area contributed by atoms with Crippen LogP contribution in [0.25, 0.3) is 33.6 Å². The van der Waals surface area contributed by atoms with Crippen molar-refractivity contribution in [1.82, 2.24) is 45.8 Å². The maximum absolute atomic E-state index is 15.5. The van der Waals surface area contributed by atoms with Gasteiger partial charge in [0, 0.05) is 56.8 Å². The molecule has 61 heavy (non-hydrogen) atoms. The number of anilines is 1. The predicted molar refractivity (Wildman–Crippen MR) is 220 cm³/mol. The average molecular weight is 831 g/mol. The van der Waals surface area contributed by atoms with Crippen LogP contribution in [-0.4, -0.2) is 129 Å². The second-order valence-corrected chi connectivity index (χ2v) is 17.1. The van der Waals surface area contributed by atoms with E-state index in [0.29, 0.717) is 42.2 Å². The van der Waals surface area contributed by atoms with Crippen molar-refractivity contribution in [2.45, 2.75) is 63.5 Å². The van der Waals surface area contributed by atoms with Crippen molar-refractivity contribution in [2.75, 3.05) is 57.3 Å². The number of carbonyl (C=O) groups excluding carboxylic acids is 4. The molecule has 17 heteroatoms. The van der Waals surface area contributed by atoms with Crippen LogP contribution in [-0.2, 0) is 9.59 Å². The van der Waals surface area contributed by atoms with Gasteiger partial charge in [-0.05, 0) is 118 Å². The normalized spacial score (nSPS) is 21.4. The van der Waals surface area contributed by atoms with Crippen LogP contribution in [0.5, 0.6) is 5.75 Å². The zero-order valence-corrected chi connectivity index (χ0v) is 33.7. The molecule has 0 bridgehead atoms. The van der Waals surface area contributed by atoms with Crippen molar-refractivity contribution < 1.29 is 32.8 Å². The molecule has 4 saturated heterocycles. The fraction of sp³-hybridized carbons (Fsp3) is 0.455. The number of likely N-dealkylation sites (tertiary alicyclic amines) is 2. The number of piperidine rings is 4. The second-order valence-electron chi connectivity index (χ2n) is 17.1. The number of aromatic amines is 1. The summed E-state index contributed by atoms with van der Waals surface area (Å²) in [7, 11) is 0. The van der Waals surface area contributed by atoms with E-state index in [1.807, 2.05) is 47.4 Å². The number of nitrogens with zero attached hydrogens (tertiary/aromatic N) is 8. The van der Waals surface area contributed by atoms with E-state index in [1.54, 1.807) is 0 Å². The molecule has 2 N–H and O–H groups in total. The summed E-state index contributed by atoms with van der Waals surface area (Å²) in [4.78, 5) is 58.6. The lowest BCUT2D eigenvalue weighted by Crippen LogP contribution is -2.54. The number of hydrogen-bond acceptors (Lipinski definition) is 13. The maximum atomic E-state index is 15.5. The largest absolute Gasteiger partial charge is 0.490 e. The lowest BCUT2D eigenvalue weighted by molar-refractivity contribution is -0.136. The first-order chi connectivity index (χ1) is 29.7. The molecule has 2 aromatic heterocycles. The Bertz CT molecular complexity index is 2470. The minimum absolute atomic E-state index is 0.0314. The van der Waals surface area contributed by atoms with E-state index < -0.39 is 35.5 Å². The first-order valence-corrected chi connectivity index (χ1v) is 21.4. The number of aromatic nitrogens is 5. The number of tetrazole rings is 1. The van der Waals surface area contributed by atoms with E-state index in [0.717, 1.165) is 104 Å². The molecular formula is C44H47FN10O6. The van der Waals surface area contributed by atoms with Crippen molar-refractivity contribution in [3.05, 3.63) is 71.5 Å². The average Bonchev–Trinajstić information content (AvgIpc) is 4.02. The van der Waals surface area contributed by atoms with Crippen LogP contribution < -0.4 is 15.0 Å². The van der Waals surface area contributed by atoms with Crippen molar-refractivity contribution in [1.29, 1.82) is 0 Å². The van der Waals surface area contributed by atoms with Gasteiger partial charge in [0.25, 0.3) is 11.8 Å². The van der Waals surface area contributed by atoms with E-state index in [1.165, 1.54) is 18.9 Å². The van der Waals surface area contributed by atoms with Crippen molar-refractivity contribution in [3.63, 3.8) is 0 Å². The Hall–Kier alpha value is -6.07. The fourth-order valence-corrected chi connectivity index (χ4v) is 9.85. The molecule has 3 aromatic carbocycles. The highest BCUT2D eigenvalue weighted by Crippen LogP contribution is 2.36. The van der Waals surface area contributed by atoms with E-state index in [9.17, 15) is 19.2 Å². The number of rotatable bonds is 10. The zero-order valence-electron chi connectivity index (χ0n) is 33.7. The zero-order chi connectivity index (χ0) is 41.6. The Labute approximate surface area is 350 Å². The minimum Gasteiger partial charge on any atom is -0.490 e. The molecule has 316 valence electrons. The van der Waals surface area contributed by atoms with Crippen molar-refractivity contribution in [2.24, 2.45) is 11.8 Å². The highest BCUT2D eigenvalue weighted by Gasteiger charge is 2.45. The summed E-state index contributed by atoms with van der Waals surface area (Å²) < 4.78 is 27.8. The van der Waals surface area contributed by atoms with Crippen LogP contribution in [0.2, 0.25) is 0 Å². The highest BCUT2D eigenvalue weighted by molar-refractivity contribution is 6.23. The molecule has 4 fully saturated rings. The number of halogens is 1. The summed E-state index contributed by atoms with van der Waals surface area (Å²) in [5.41, 5.74) is 2.84. The Morgan fingerprint density at radius 1 is 0.770 bits per heavy atom. The first kappa shape index (κ1) is 39.1. The van der Waals surface area contributed by atoms with Crippen molar-refractivity contribution in [3.8, 4) is 28.5 Å². The van der Waals surface area contributed by atoms with Gasteiger partial charge in [0.15, 0.2) is 5.76 Å². The Balaban J connectivity index is 0.662. The van der Waals surface area contributed by atoms with Crippen LogP contribution in [0.4, 0.5) is 10.1 Å². The molecule has 4 amide bonds. The summed E-state index contributed by atoms with van der Waals surface area (Å²) in [6.07, 6.45) is 6.37. The molecule has 0 aliphatic carbocycles. The third kappa shape index (κ3) is 7.87. The Morgan fingerprint density at radius 2 is 1.48 bits per heavy atom. The third-order valence-electron chi connectivity index (χ3n) is 13.2. The van der Waals surface area contributed by atoms with Gasteiger partial charge in [-0.3, -0.25) is 29.4 Å². The first-order valence-electron chi connectivity index (χ1n) is 21.4. The summed E-state index contributed by atoms with van der Waals surface area (Å²) in [6.45, 7) is 7.65. The number of nitrogens with one attached hydrogen (secondary N) is 2. The lowest BCUT2D eigenvalue weighted by Gasteiger charge is -2.40. The van der Waals surface area contributed by atoms with Gasteiger partial charge < -0.3 is 24.0 Å². The molecule has 5 aliphatic rings. The number of fused-ring (bicyclic) bond motifs is 2. The minimum atomic E-state index is -1.08. The van der Waals surface area contributed by atoms with Crippen LogP contribution >= 0.6 is 0 Å². The lowest BCUT2D eigenvalue weighted by atomic mass is 9.91. The van der Waals surface area contributed by atoms with Crippen molar-refractivity contribution >= 4 is 40.2 Å². The summed E-state index contributed by atoms with van der Waals surface area (Å²) in [6, 6.07) is 15.3. The van der Waals surface area contributed by atoms with Gasteiger partial charge in [-0.1, -0.05) is 17.3 Å². The van der Waals surface area contributed by atoms with Gasteiger partial charge >= 0.3 is 0 Å². The van der Waals surface area contributed by atoms with Gasteiger partial charge in [-0.25, -0.2) is 4.39 Å². The van der Waals surface area contributed by atoms with Crippen LogP contribution in [0.1, 0.15) is 72.1 Å². The smallest absolute Gasteiger partial charge is 0.262 e. The van der Waals surface area contributed by atoms with Crippen LogP contribution in [0.15, 0.2) is 59.1 Å². The molecule has 7 heterocycles. The monoisotopic (exact) mass is 830 g/mol. The Morgan fingerprint density at radius 3 is 2.18 bits per heavy atom. The van der Waals surface area contributed by atoms with Gasteiger partial charge in [-0.2, -0.15) is 5.21 Å². The molecule has 0 saturated carbocycles. The molecule has 0 radical (unpaired) electrons. The van der Waals surface area contributed by atoms with Gasteiger partial charge in [-0.15, -0.1) is 10.2 Å². The molecule has 10 rings (SSSR count).